The Balaban J connectivity index is 2.76. The van der Waals surface area contributed by atoms with Gasteiger partial charge < -0.3 is 19.5 Å². The van der Waals surface area contributed by atoms with Crippen LogP contribution in [0.15, 0.2) is 30.3 Å². The fourth-order valence-corrected chi connectivity index (χ4v) is 3.29. The lowest BCUT2D eigenvalue weighted by Crippen LogP contribution is -2.50. The number of esters is 1. The summed E-state index contributed by atoms with van der Waals surface area (Å²) in [5.41, 5.74) is 0.759. The van der Waals surface area contributed by atoms with Gasteiger partial charge in [0, 0.05) is 26.7 Å². The molecule has 0 radical (unpaired) electrons. The number of nitrogens with one attached hydrogen (secondary N) is 1. The largest absolute Gasteiger partial charge is 0.457 e. The maximum Gasteiger partial charge on any atom is 0.369 e. The molecule has 29 heavy (non-hydrogen) atoms. The molecule has 0 aliphatic heterocycles. The van der Waals surface area contributed by atoms with Crippen LogP contribution >= 0.6 is 0 Å². The second-order valence-corrected chi connectivity index (χ2v) is 7.80. The fraction of sp³-hybridized carbons (Fsp3) is 0.579. The van der Waals surface area contributed by atoms with Crippen molar-refractivity contribution in [3.63, 3.8) is 0 Å². The highest BCUT2D eigenvalue weighted by molar-refractivity contribution is 7.86. The van der Waals surface area contributed by atoms with Gasteiger partial charge in [-0.1, -0.05) is 30.3 Å². The summed E-state index contributed by atoms with van der Waals surface area (Å²) in [6.45, 7) is 4.26. The summed E-state index contributed by atoms with van der Waals surface area (Å²) >= 11 is 0. The maximum absolute atomic E-state index is 12.7. The average Bonchev–Trinajstić information content (AvgIpc) is 2.69. The van der Waals surface area contributed by atoms with E-state index in [-0.39, 0.29) is 44.4 Å². The van der Waals surface area contributed by atoms with Crippen molar-refractivity contribution in [3.05, 3.63) is 35.9 Å². The zero-order chi connectivity index (χ0) is 21.8. The standard InChI is InChI=1S/C19H29NO8S/c1-4-26-19(27-5-2,18(22)25-14-17-10-7-6-8-11-17)15-28-29(23,24)13-9-12-20-16(3)21/h6-8,10-11H,4-5,9,12-15H2,1-3H3,(H,20,21). The van der Waals surface area contributed by atoms with Crippen LogP contribution in [0.3, 0.4) is 0 Å². The molecule has 0 atom stereocenters. The van der Waals surface area contributed by atoms with Gasteiger partial charge in [0.05, 0.1) is 5.75 Å². The van der Waals surface area contributed by atoms with Gasteiger partial charge >= 0.3 is 5.97 Å². The Bertz CT molecular complexity index is 730. The van der Waals surface area contributed by atoms with Crippen molar-refractivity contribution >= 4 is 22.0 Å². The summed E-state index contributed by atoms with van der Waals surface area (Å²) in [5, 5.41) is 2.50. The summed E-state index contributed by atoms with van der Waals surface area (Å²) in [7, 11) is -3.97. The van der Waals surface area contributed by atoms with Gasteiger partial charge in [0.2, 0.25) is 5.91 Å². The highest BCUT2D eigenvalue weighted by Crippen LogP contribution is 2.19. The number of carbonyl (C=O) groups is 2. The molecule has 0 spiro atoms. The third-order valence-electron chi connectivity index (χ3n) is 3.65. The summed E-state index contributed by atoms with van der Waals surface area (Å²) < 4.78 is 45.4. The number of amides is 1. The molecule has 0 saturated carbocycles. The molecule has 10 heteroatoms. The number of hydrogen-bond donors (Lipinski definition) is 1. The molecule has 0 heterocycles. The second kappa shape index (κ2) is 12.5. The normalized spacial score (nSPS) is 11.8. The maximum atomic E-state index is 12.7. The van der Waals surface area contributed by atoms with E-state index in [1.54, 1.807) is 38.1 Å². The van der Waals surface area contributed by atoms with E-state index in [0.717, 1.165) is 5.56 Å². The zero-order valence-corrected chi connectivity index (χ0v) is 17.8. The van der Waals surface area contributed by atoms with E-state index < -0.39 is 28.5 Å². The van der Waals surface area contributed by atoms with E-state index in [1.165, 1.54) is 6.92 Å². The Hall–Kier alpha value is -2.01. The molecule has 0 aliphatic rings. The van der Waals surface area contributed by atoms with Crippen LogP contribution in [0.1, 0.15) is 32.8 Å². The molecule has 0 unspecified atom stereocenters. The van der Waals surface area contributed by atoms with Gasteiger partial charge in [0.25, 0.3) is 15.9 Å². The summed E-state index contributed by atoms with van der Waals surface area (Å²) in [4.78, 5) is 23.5. The third kappa shape index (κ3) is 9.35. The van der Waals surface area contributed by atoms with Crippen molar-refractivity contribution < 1.29 is 36.4 Å². The van der Waals surface area contributed by atoms with Crippen LogP contribution in [-0.4, -0.2) is 58.2 Å². The summed E-state index contributed by atoms with van der Waals surface area (Å²) in [6, 6.07) is 9.01. The fourth-order valence-electron chi connectivity index (χ4n) is 2.34. The molecule has 1 aromatic rings. The van der Waals surface area contributed by atoms with Gasteiger partial charge in [0.15, 0.2) is 0 Å². The quantitative estimate of drug-likeness (QED) is 0.203. The van der Waals surface area contributed by atoms with Gasteiger partial charge in [-0.3, -0.25) is 8.98 Å². The van der Waals surface area contributed by atoms with E-state index in [9.17, 15) is 18.0 Å². The van der Waals surface area contributed by atoms with Crippen molar-refractivity contribution in [2.75, 3.05) is 32.1 Å². The average molecular weight is 432 g/mol. The number of ether oxygens (including phenoxy) is 3. The molecule has 0 saturated heterocycles. The van der Waals surface area contributed by atoms with E-state index in [0.29, 0.717) is 0 Å². The zero-order valence-electron chi connectivity index (χ0n) is 17.0. The van der Waals surface area contributed by atoms with Gasteiger partial charge in [0.1, 0.15) is 13.2 Å². The summed E-state index contributed by atoms with van der Waals surface area (Å²) in [6.07, 6.45) is 0.163. The Morgan fingerprint density at radius 1 is 1.07 bits per heavy atom. The Morgan fingerprint density at radius 2 is 1.69 bits per heavy atom. The first kappa shape index (κ1) is 25.0. The van der Waals surface area contributed by atoms with Gasteiger partial charge in [-0.2, -0.15) is 8.42 Å². The Morgan fingerprint density at radius 3 is 2.24 bits per heavy atom. The molecule has 1 rings (SSSR count). The lowest BCUT2D eigenvalue weighted by Gasteiger charge is -2.30. The highest BCUT2D eigenvalue weighted by atomic mass is 32.2. The Labute approximate surface area is 171 Å². The molecule has 1 N–H and O–H groups in total. The van der Waals surface area contributed by atoms with E-state index in [4.69, 9.17) is 18.4 Å². The molecule has 0 aromatic heterocycles. The first-order valence-corrected chi connectivity index (χ1v) is 10.9. The molecule has 1 aromatic carbocycles. The van der Waals surface area contributed by atoms with E-state index in [1.807, 2.05) is 6.07 Å². The molecular weight excluding hydrogens is 402 g/mol. The number of hydrogen-bond acceptors (Lipinski definition) is 8. The van der Waals surface area contributed by atoms with Gasteiger partial charge in [-0.15, -0.1) is 0 Å². The topological polar surface area (TPSA) is 117 Å². The van der Waals surface area contributed by atoms with Crippen LogP contribution in [0.5, 0.6) is 0 Å². The molecule has 9 nitrogen and oxygen atoms in total. The molecule has 0 bridgehead atoms. The molecule has 1 amide bonds. The van der Waals surface area contributed by atoms with Crippen LogP contribution in [0.2, 0.25) is 0 Å². The second-order valence-electron chi connectivity index (χ2n) is 6.04. The first-order chi connectivity index (χ1) is 13.7. The van der Waals surface area contributed by atoms with Crippen LogP contribution in [-0.2, 0) is 44.7 Å². The molecular formula is C19H29NO8S. The van der Waals surface area contributed by atoms with Crippen LogP contribution < -0.4 is 5.32 Å². The SMILES string of the molecule is CCOC(COS(=O)(=O)CCCNC(C)=O)(OCC)C(=O)OCc1ccccc1. The predicted octanol–water partition coefficient (Wildman–Crippen LogP) is 1.37. The number of carbonyl (C=O) groups excluding carboxylic acids is 2. The molecule has 0 aliphatic carbocycles. The van der Waals surface area contributed by atoms with Gasteiger partial charge in [-0.05, 0) is 25.8 Å². The van der Waals surface area contributed by atoms with Crippen molar-refractivity contribution in [1.29, 1.82) is 0 Å². The lowest BCUT2D eigenvalue weighted by molar-refractivity contribution is -0.255. The number of rotatable bonds is 14. The predicted molar refractivity (Wildman–Crippen MR) is 105 cm³/mol. The first-order valence-electron chi connectivity index (χ1n) is 9.35. The van der Waals surface area contributed by atoms with Crippen molar-refractivity contribution in [3.8, 4) is 0 Å². The van der Waals surface area contributed by atoms with Crippen molar-refractivity contribution in [1.82, 2.24) is 5.32 Å². The van der Waals surface area contributed by atoms with Gasteiger partial charge in [-0.25, -0.2) is 4.79 Å². The third-order valence-corrected chi connectivity index (χ3v) is 4.92. The molecule has 164 valence electrons. The van der Waals surface area contributed by atoms with Crippen LogP contribution in [0.4, 0.5) is 0 Å². The lowest BCUT2D eigenvalue weighted by atomic mass is 10.2. The van der Waals surface area contributed by atoms with E-state index in [2.05, 4.69) is 5.32 Å². The monoisotopic (exact) mass is 431 g/mol. The molecule has 0 fully saturated rings. The summed E-state index contributed by atoms with van der Waals surface area (Å²) in [5.74, 6) is -3.46. The van der Waals surface area contributed by atoms with Crippen LogP contribution in [0, 0.1) is 0 Å². The Kier molecular flexibility index (Phi) is 10.8. The smallest absolute Gasteiger partial charge is 0.369 e. The minimum Gasteiger partial charge on any atom is -0.457 e. The minimum atomic E-state index is -3.97. The number of benzene rings is 1. The van der Waals surface area contributed by atoms with Crippen molar-refractivity contribution in [2.45, 2.75) is 39.6 Å². The highest BCUT2D eigenvalue weighted by Gasteiger charge is 2.44. The van der Waals surface area contributed by atoms with Crippen molar-refractivity contribution in [2.24, 2.45) is 0 Å². The minimum absolute atomic E-state index is 0.0228. The van der Waals surface area contributed by atoms with E-state index >= 15 is 0 Å². The van der Waals surface area contributed by atoms with Crippen LogP contribution in [0.25, 0.3) is 0 Å².